The lowest BCUT2D eigenvalue weighted by Crippen LogP contribution is -1.89. The quantitative estimate of drug-likeness (QED) is 0.449. The van der Waals surface area contributed by atoms with Crippen molar-refractivity contribution in [3.8, 4) is 0 Å². The molecule has 0 amide bonds. The molecule has 1 aliphatic heterocycles. The smallest absolute Gasteiger partial charge is 0.123 e. The third-order valence-electron chi connectivity index (χ3n) is 0.653. The van der Waals surface area contributed by atoms with Crippen molar-refractivity contribution in [3.05, 3.63) is 12.5 Å². The largest absolute Gasteiger partial charge is 0.494 e. The van der Waals surface area contributed by atoms with Gasteiger partial charge in [0.05, 0.1) is 6.20 Å². The van der Waals surface area contributed by atoms with E-state index in [0.717, 1.165) is 0 Å². The Morgan fingerprint density at radius 1 is 1.38 bits per heavy atom. The van der Waals surface area contributed by atoms with Crippen LogP contribution in [0.4, 0.5) is 0 Å². The highest BCUT2D eigenvalue weighted by molar-refractivity contribution is 5.73. The summed E-state index contributed by atoms with van der Waals surface area (Å²) in [5.41, 5.74) is 0. The SMILES string of the molecule is C1=COCC=NC=N1. The van der Waals surface area contributed by atoms with Gasteiger partial charge in [0.15, 0.2) is 0 Å². The molecule has 0 N–H and O–H groups in total. The van der Waals surface area contributed by atoms with E-state index in [9.17, 15) is 0 Å². The van der Waals surface area contributed by atoms with E-state index in [1.165, 1.54) is 12.6 Å². The Morgan fingerprint density at radius 3 is 3.38 bits per heavy atom. The summed E-state index contributed by atoms with van der Waals surface area (Å²) < 4.78 is 4.83. The second kappa shape index (κ2) is 2.96. The first-order valence-corrected chi connectivity index (χ1v) is 2.30. The van der Waals surface area contributed by atoms with Crippen LogP contribution in [0.3, 0.4) is 0 Å². The zero-order valence-corrected chi connectivity index (χ0v) is 4.32. The molecule has 0 unspecified atom stereocenters. The Balaban J connectivity index is 2.51. The van der Waals surface area contributed by atoms with Crippen molar-refractivity contribution in [3.63, 3.8) is 0 Å². The van der Waals surface area contributed by atoms with E-state index in [0.29, 0.717) is 6.61 Å². The number of hydrogen-bond acceptors (Lipinski definition) is 3. The van der Waals surface area contributed by atoms with Gasteiger partial charge in [-0.2, -0.15) is 0 Å². The van der Waals surface area contributed by atoms with Crippen molar-refractivity contribution < 1.29 is 4.74 Å². The fraction of sp³-hybridized carbons (Fsp3) is 0.200. The monoisotopic (exact) mass is 110 g/mol. The molecule has 42 valence electrons. The summed E-state index contributed by atoms with van der Waals surface area (Å²) in [6, 6.07) is 0. The van der Waals surface area contributed by atoms with Crippen LogP contribution in [0.15, 0.2) is 22.4 Å². The molecule has 0 saturated heterocycles. The Morgan fingerprint density at radius 2 is 2.38 bits per heavy atom. The average Bonchev–Trinajstić information content (AvgIpc) is 1.62. The third kappa shape index (κ3) is 1.55. The van der Waals surface area contributed by atoms with Crippen LogP contribution in [-0.2, 0) is 4.74 Å². The van der Waals surface area contributed by atoms with Gasteiger partial charge >= 0.3 is 0 Å². The van der Waals surface area contributed by atoms with Gasteiger partial charge in [0.1, 0.15) is 19.2 Å². The fourth-order valence-electron chi connectivity index (χ4n) is 0.344. The Bertz CT molecular complexity index is 121. The summed E-state index contributed by atoms with van der Waals surface area (Å²) in [6.45, 7) is 0.530. The standard InChI is InChI=1S/C5H6N2O/c1-3-8-4-2-7-5-6-1/h1-3,5H,4H2. The summed E-state index contributed by atoms with van der Waals surface area (Å²) in [5, 5.41) is 0. The molecule has 0 fully saturated rings. The maximum absolute atomic E-state index is 4.83. The van der Waals surface area contributed by atoms with Crippen molar-refractivity contribution in [1.29, 1.82) is 0 Å². The molecular weight excluding hydrogens is 104 g/mol. The lowest BCUT2D eigenvalue weighted by atomic mass is 10.8. The lowest BCUT2D eigenvalue weighted by Gasteiger charge is -1.91. The summed E-state index contributed by atoms with van der Waals surface area (Å²) in [6.07, 6.45) is 6.20. The van der Waals surface area contributed by atoms with Gasteiger partial charge in [-0.3, -0.25) is 0 Å². The van der Waals surface area contributed by atoms with Crippen LogP contribution in [-0.4, -0.2) is 19.2 Å². The second-order valence-electron chi connectivity index (χ2n) is 1.21. The van der Waals surface area contributed by atoms with Crippen LogP contribution in [0.5, 0.6) is 0 Å². The number of ether oxygens (including phenoxy) is 1. The van der Waals surface area contributed by atoms with Gasteiger partial charge in [-0.15, -0.1) is 0 Å². The predicted molar refractivity (Wildman–Crippen MR) is 32.1 cm³/mol. The molecule has 0 aromatic heterocycles. The molecule has 1 heterocycles. The van der Waals surface area contributed by atoms with E-state index >= 15 is 0 Å². The van der Waals surface area contributed by atoms with Gasteiger partial charge in [-0.1, -0.05) is 0 Å². The highest BCUT2D eigenvalue weighted by atomic mass is 16.5. The van der Waals surface area contributed by atoms with Crippen molar-refractivity contribution in [2.75, 3.05) is 6.61 Å². The zero-order chi connectivity index (χ0) is 5.66. The molecule has 0 aliphatic carbocycles. The second-order valence-corrected chi connectivity index (χ2v) is 1.21. The van der Waals surface area contributed by atoms with Crippen LogP contribution in [0.1, 0.15) is 0 Å². The third-order valence-corrected chi connectivity index (χ3v) is 0.653. The molecule has 3 heteroatoms. The maximum atomic E-state index is 4.83. The highest BCUT2D eigenvalue weighted by Crippen LogP contribution is 1.79. The topological polar surface area (TPSA) is 34.0 Å². The molecule has 0 aromatic rings. The zero-order valence-electron chi connectivity index (χ0n) is 4.32. The average molecular weight is 110 g/mol. The van der Waals surface area contributed by atoms with Crippen molar-refractivity contribution in [1.82, 2.24) is 0 Å². The first-order valence-electron chi connectivity index (χ1n) is 2.30. The van der Waals surface area contributed by atoms with Crippen LogP contribution in [0.2, 0.25) is 0 Å². The van der Waals surface area contributed by atoms with Crippen LogP contribution in [0.25, 0.3) is 0 Å². The van der Waals surface area contributed by atoms with Crippen LogP contribution in [0, 0.1) is 0 Å². The van der Waals surface area contributed by atoms with Crippen molar-refractivity contribution in [2.24, 2.45) is 9.98 Å². The van der Waals surface area contributed by atoms with Crippen molar-refractivity contribution in [2.45, 2.75) is 0 Å². The molecule has 0 bridgehead atoms. The Kier molecular flexibility index (Phi) is 1.86. The normalized spacial score (nSPS) is 17.0. The van der Waals surface area contributed by atoms with E-state index in [4.69, 9.17) is 4.74 Å². The summed E-state index contributed by atoms with van der Waals surface area (Å²) in [7, 11) is 0. The molecule has 1 aliphatic rings. The minimum atomic E-state index is 0.530. The minimum absolute atomic E-state index is 0.530. The Labute approximate surface area is 47.4 Å². The van der Waals surface area contributed by atoms with E-state index < -0.39 is 0 Å². The lowest BCUT2D eigenvalue weighted by molar-refractivity contribution is 0.305. The maximum Gasteiger partial charge on any atom is 0.123 e. The van der Waals surface area contributed by atoms with Crippen LogP contribution < -0.4 is 0 Å². The molecular formula is C5H6N2O. The van der Waals surface area contributed by atoms with Gasteiger partial charge in [0.2, 0.25) is 0 Å². The van der Waals surface area contributed by atoms with E-state index in [-0.39, 0.29) is 0 Å². The summed E-state index contributed by atoms with van der Waals surface area (Å²) in [4.78, 5) is 7.44. The first kappa shape index (κ1) is 5.03. The van der Waals surface area contributed by atoms with Gasteiger partial charge in [0.25, 0.3) is 0 Å². The molecule has 0 saturated carbocycles. The van der Waals surface area contributed by atoms with E-state index in [2.05, 4.69) is 9.98 Å². The van der Waals surface area contributed by atoms with Crippen LogP contribution >= 0.6 is 0 Å². The molecule has 1 rings (SSSR count). The number of hydrogen-bond donors (Lipinski definition) is 0. The highest BCUT2D eigenvalue weighted by Gasteiger charge is 1.75. The molecule has 0 atom stereocenters. The fourth-order valence-corrected chi connectivity index (χ4v) is 0.344. The van der Waals surface area contributed by atoms with Gasteiger partial charge < -0.3 is 4.74 Å². The summed E-state index contributed by atoms with van der Waals surface area (Å²) >= 11 is 0. The van der Waals surface area contributed by atoms with Gasteiger partial charge in [-0.05, 0) is 0 Å². The first-order chi connectivity index (χ1) is 4.00. The number of nitrogens with zero attached hydrogens (tertiary/aromatic N) is 2. The van der Waals surface area contributed by atoms with Gasteiger partial charge in [0, 0.05) is 6.21 Å². The molecule has 8 heavy (non-hydrogen) atoms. The van der Waals surface area contributed by atoms with Gasteiger partial charge in [-0.25, -0.2) is 9.98 Å². The number of rotatable bonds is 0. The molecule has 0 spiro atoms. The minimum Gasteiger partial charge on any atom is -0.494 e. The predicted octanol–water partition coefficient (Wildman–Crippen LogP) is 0.587. The summed E-state index contributed by atoms with van der Waals surface area (Å²) in [5.74, 6) is 0. The molecule has 0 radical (unpaired) electrons. The van der Waals surface area contributed by atoms with E-state index in [1.807, 2.05) is 0 Å². The van der Waals surface area contributed by atoms with Crippen molar-refractivity contribution >= 4 is 12.6 Å². The Hall–Kier alpha value is -1.12. The number of aliphatic imine (C=N–C) groups is 2. The molecule has 0 aromatic carbocycles. The molecule has 3 nitrogen and oxygen atoms in total. The van der Waals surface area contributed by atoms with E-state index in [1.54, 1.807) is 12.4 Å².